The van der Waals surface area contributed by atoms with E-state index in [0.29, 0.717) is 12.2 Å². The van der Waals surface area contributed by atoms with Crippen LogP contribution in [0.25, 0.3) is 21.9 Å². The van der Waals surface area contributed by atoms with Crippen molar-refractivity contribution in [2.45, 2.75) is 12.9 Å². The van der Waals surface area contributed by atoms with Crippen LogP contribution in [0.15, 0.2) is 79.3 Å². The van der Waals surface area contributed by atoms with Crippen LogP contribution >= 0.6 is 12.4 Å². The molecule has 0 radical (unpaired) electrons. The first kappa shape index (κ1) is 24.0. The summed E-state index contributed by atoms with van der Waals surface area (Å²) in [4.78, 5) is 20.0. The predicted molar refractivity (Wildman–Crippen MR) is 130 cm³/mol. The van der Waals surface area contributed by atoms with Crippen molar-refractivity contribution in [3.05, 3.63) is 84.8 Å². The molecule has 11 heteroatoms. The van der Waals surface area contributed by atoms with Gasteiger partial charge in [0.1, 0.15) is 11.4 Å². The van der Waals surface area contributed by atoms with Gasteiger partial charge in [0.05, 0.1) is 11.2 Å². The maximum absolute atomic E-state index is 12.5. The lowest BCUT2D eigenvalue weighted by Gasteiger charge is -2.12. The summed E-state index contributed by atoms with van der Waals surface area (Å²) in [7, 11) is 0. The summed E-state index contributed by atoms with van der Waals surface area (Å²) < 4.78 is 43.3. The van der Waals surface area contributed by atoms with Gasteiger partial charge in [0, 0.05) is 47.7 Å². The number of nitrogens with zero attached hydrogens (tertiary/aromatic N) is 2. The zero-order valence-electron chi connectivity index (χ0n) is 18.0. The SMILES string of the molecule is Cl.O=C(Nc1cccc(OC(F)(F)F)c1)Nc1cccc2c1ccn2Cc1c[nH]c2ncccc12. The lowest BCUT2D eigenvalue weighted by atomic mass is 10.2. The monoisotopic (exact) mass is 501 g/mol. The third kappa shape index (κ3) is 5.33. The molecule has 0 aliphatic heterocycles. The summed E-state index contributed by atoms with van der Waals surface area (Å²) in [6.45, 7) is 0.608. The van der Waals surface area contributed by atoms with E-state index in [-0.39, 0.29) is 18.1 Å². The van der Waals surface area contributed by atoms with Crippen LogP contribution in [0, 0.1) is 0 Å². The summed E-state index contributed by atoms with van der Waals surface area (Å²) in [6, 6.07) is 15.8. The number of alkyl halides is 3. The molecule has 0 spiro atoms. The molecule has 0 aliphatic carbocycles. The molecule has 2 aromatic carbocycles. The van der Waals surface area contributed by atoms with Gasteiger partial charge in [0.2, 0.25) is 0 Å². The Morgan fingerprint density at radius 1 is 1.03 bits per heavy atom. The summed E-state index contributed by atoms with van der Waals surface area (Å²) in [5, 5.41) is 7.15. The second kappa shape index (κ2) is 9.59. The second-order valence-electron chi connectivity index (χ2n) is 7.55. The third-order valence-electron chi connectivity index (χ3n) is 5.26. The number of rotatable bonds is 5. The van der Waals surface area contributed by atoms with E-state index in [1.54, 1.807) is 12.3 Å². The maximum atomic E-state index is 12.5. The average Bonchev–Trinajstić information content (AvgIpc) is 3.38. The third-order valence-corrected chi connectivity index (χ3v) is 5.26. The van der Waals surface area contributed by atoms with Crippen LogP contribution in [-0.4, -0.2) is 26.9 Å². The number of nitrogens with one attached hydrogen (secondary N) is 3. The fraction of sp³-hybridized carbons (Fsp3) is 0.0833. The van der Waals surface area contributed by atoms with Crippen molar-refractivity contribution in [2.75, 3.05) is 10.6 Å². The topological polar surface area (TPSA) is 84.0 Å². The van der Waals surface area contributed by atoms with Crippen molar-refractivity contribution < 1.29 is 22.7 Å². The highest BCUT2D eigenvalue weighted by Crippen LogP contribution is 2.28. The predicted octanol–water partition coefficient (Wildman–Crippen LogP) is 6.53. The molecule has 3 aromatic heterocycles. The highest BCUT2D eigenvalue weighted by Gasteiger charge is 2.31. The number of H-pyrrole nitrogens is 1. The van der Waals surface area contributed by atoms with Gasteiger partial charge >= 0.3 is 12.4 Å². The first-order chi connectivity index (χ1) is 16.4. The average molecular weight is 502 g/mol. The number of halogens is 4. The number of hydrogen-bond acceptors (Lipinski definition) is 3. The van der Waals surface area contributed by atoms with E-state index in [1.165, 1.54) is 12.1 Å². The molecule has 0 bridgehead atoms. The number of pyridine rings is 1. The van der Waals surface area contributed by atoms with Gasteiger partial charge in [-0.2, -0.15) is 0 Å². The number of fused-ring (bicyclic) bond motifs is 2. The maximum Gasteiger partial charge on any atom is 0.573 e. The number of carbonyl (C=O) groups excluding carboxylic acids is 1. The van der Waals surface area contributed by atoms with Crippen molar-refractivity contribution in [2.24, 2.45) is 0 Å². The lowest BCUT2D eigenvalue weighted by molar-refractivity contribution is -0.274. The Balaban J connectivity index is 0.00000289. The Labute approximate surface area is 203 Å². The largest absolute Gasteiger partial charge is 0.573 e. The lowest BCUT2D eigenvalue weighted by Crippen LogP contribution is -2.20. The molecule has 0 fully saturated rings. The number of aromatic amines is 1. The molecule has 2 amide bonds. The molecule has 0 atom stereocenters. The minimum atomic E-state index is -4.81. The van der Waals surface area contributed by atoms with E-state index < -0.39 is 18.1 Å². The molecular formula is C24H19ClF3N5O2. The molecule has 0 saturated carbocycles. The summed E-state index contributed by atoms with van der Waals surface area (Å²) >= 11 is 0. The van der Waals surface area contributed by atoms with Gasteiger partial charge < -0.3 is 24.9 Å². The number of urea groups is 1. The van der Waals surface area contributed by atoms with Crippen LogP contribution in [0.5, 0.6) is 5.75 Å². The molecule has 0 aliphatic rings. The number of amides is 2. The fourth-order valence-corrected chi connectivity index (χ4v) is 3.85. The Morgan fingerprint density at radius 2 is 1.86 bits per heavy atom. The van der Waals surface area contributed by atoms with Crippen molar-refractivity contribution in [1.29, 1.82) is 0 Å². The van der Waals surface area contributed by atoms with Gasteiger partial charge in [0.15, 0.2) is 0 Å². The number of anilines is 2. The fourth-order valence-electron chi connectivity index (χ4n) is 3.85. The van der Waals surface area contributed by atoms with E-state index in [4.69, 9.17) is 0 Å². The first-order valence-electron chi connectivity index (χ1n) is 10.3. The van der Waals surface area contributed by atoms with Crippen molar-refractivity contribution in [1.82, 2.24) is 14.5 Å². The van der Waals surface area contributed by atoms with E-state index in [2.05, 4.69) is 29.9 Å². The molecule has 5 rings (SSSR count). The van der Waals surface area contributed by atoms with Crippen LogP contribution in [0.2, 0.25) is 0 Å². The van der Waals surface area contributed by atoms with Crippen LogP contribution in [-0.2, 0) is 6.54 Å². The Bertz CT molecular complexity index is 1500. The molecule has 3 N–H and O–H groups in total. The minimum absolute atomic E-state index is 0. The quantitative estimate of drug-likeness (QED) is 0.256. The first-order valence-corrected chi connectivity index (χ1v) is 10.3. The smallest absolute Gasteiger partial charge is 0.406 e. The number of carbonyl (C=O) groups is 1. The summed E-state index contributed by atoms with van der Waals surface area (Å²) in [5.74, 6) is -0.419. The van der Waals surface area contributed by atoms with Gasteiger partial charge in [-0.1, -0.05) is 12.1 Å². The zero-order chi connectivity index (χ0) is 23.7. The number of hydrogen-bond donors (Lipinski definition) is 3. The zero-order valence-corrected chi connectivity index (χ0v) is 18.8. The van der Waals surface area contributed by atoms with Gasteiger partial charge in [0.25, 0.3) is 0 Å². The van der Waals surface area contributed by atoms with Crippen molar-refractivity contribution >= 4 is 51.7 Å². The highest BCUT2D eigenvalue weighted by molar-refractivity contribution is 6.05. The van der Waals surface area contributed by atoms with Crippen LogP contribution < -0.4 is 15.4 Å². The Kier molecular flexibility index (Phi) is 6.57. The minimum Gasteiger partial charge on any atom is -0.406 e. The number of ether oxygens (including phenoxy) is 1. The Hall–Kier alpha value is -4.18. The molecule has 7 nitrogen and oxygen atoms in total. The van der Waals surface area contributed by atoms with Crippen LogP contribution in [0.3, 0.4) is 0 Å². The molecular weight excluding hydrogens is 483 g/mol. The van der Waals surface area contributed by atoms with Gasteiger partial charge in [-0.05, 0) is 48.0 Å². The van der Waals surface area contributed by atoms with E-state index >= 15 is 0 Å². The highest BCUT2D eigenvalue weighted by atomic mass is 35.5. The van der Waals surface area contributed by atoms with Crippen LogP contribution in [0.4, 0.5) is 29.3 Å². The second-order valence-corrected chi connectivity index (χ2v) is 7.55. The molecule has 5 aromatic rings. The van der Waals surface area contributed by atoms with E-state index in [0.717, 1.165) is 39.6 Å². The molecule has 0 unspecified atom stereocenters. The Morgan fingerprint density at radius 3 is 2.69 bits per heavy atom. The summed E-state index contributed by atoms with van der Waals surface area (Å²) in [5.41, 5.74) is 3.54. The molecule has 180 valence electrons. The molecule has 0 saturated heterocycles. The van der Waals surface area contributed by atoms with Crippen LogP contribution in [0.1, 0.15) is 5.56 Å². The van der Waals surface area contributed by atoms with Crippen molar-refractivity contribution in [3.8, 4) is 5.75 Å². The molecule has 3 heterocycles. The van der Waals surface area contributed by atoms with Gasteiger partial charge in [-0.25, -0.2) is 9.78 Å². The molecule has 35 heavy (non-hydrogen) atoms. The van der Waals surface area contributed by atoms with E-state index in [1.807, 2.05) is 42.7 Å². The van der Waals surface area contributed by atoms with Crippen molar-refractivity contribution in [3.63, 3.8) is 0 Å². The number of aromatic nitrogens is 3. The van der Waals surface area contributed by atoms with Gasteiger partial charge in [-0.3, -0.25) is 0 Å². The standard InChI is InChI=1S/C24H18F3N5O2.ClH/c25-24(26,27)34-17-5-1-4-16(12-17)30-23(33)31-20-7-2-8-21-19(20)9-11-32(21)14-15-13-29-22-18(15)6-3-10-28-22;/h1-13H,14H2,(H,28,29)(H2,30,31,33);1H. The van der Waals surface area contributed by atoms with E-state index in [9.17, 15) is 18.0 Å². The number of benzene rings is 2. The van der Waals surface area contributed by atoms with Gasteiger partial charge in [-0.15, -0.1) is 25.6 Å². The normalized spacial score (nSPS) is 11.3. The summed E-state index contributed by atoms with van der Waals surface area (Å²) in [6.07, 6.45) is 0.777.